The summed E-state index contributed by atoms with van der Waals surface area (Å²) in [7, 11) is 0. The topological polar surface area (TPSA) is 77.8 Å². The molecule has 0 aliphatic carbocycles. The van der Waals surface area contributed by atoms with E-state index in [1.807, 2.05) is 49.6 Å². The fraction of sp³-hybridized carbons (Fsp3) is 0.278. The molecule has 0 aliphatic heterocycles. The molecule has 0 fully saturated rings. The molecule has 0 radical (unpaired) electrons. The first-order valence-electron chi connectivity index (χ1n) is 7.72. The maximum absolute atomic E-state index is 12.2. The molecule has 24 heavy (non-hydrogen) atoms. The van der Waals surface area contributed by atoms with E-state index in [2.05, 4.69) is 22.5 Å². The lowest BCUT2D eigenvalue weighted by Gasteiger charge is -2.14. The minimum Gasteiger partial charge on any atom is -0.345 e. The van der Waals surface area contributed by atoms with Crippen molar-refractivity contribution in [1.82, 2.24) is 10.3 Å². The lowest BCUT2D eigenvalue weighted by molar-refractivity contribution is -0.117. The predicted molar refractivity (Wildman–Crippen MR) is 96.5 cm³/mol. The van der Waals surface area contributed by atoms with Crippen LogP contribution in [0.5, 0.6) is 0 Å². The smallest absolute Gasteiger partial charge is 0.263 e. The molecule has 1 unspecified atom stereocenters. The van der Waals surface area contributed by atoms with Gasteiger partial charge in [-0.15, -0.1) is 11.3 Å². The molecule has 6 heteroatoms. The van der Waals surface area contributed by atoms with Gasteiger partial charge in [0.05, 0.1) is 11.7 Å². The third-order valence-corrected chi connectivity index (χ3v) is 4.45. The highest BCUT2D eigenvalue weighted by atomic mass is 32.1. The van der Waals surface area contributed by atoms with Gasteiger partial charge in [0.2, 0.25) is 0 Å². The summed E-state index contributed by atoms with van der Waals surface area (Å²) in [6.45, 7) is 5.88. The number of aryl methyl sites for hydroxylation is 2. The van der Waals surface area contributed by atoms with Crippen molar-refractivity contribution in [3.63, 3.8) is 0 Å². The van der Waals surface area contributed by atoms with Crippen LogP contribution in [0.2, 0.25) is 0 Å². The lowest BCUT2D eigenvalue weighted by Crippen LogP contribution is -2.28. The molecule has 2 N–H and O–H groups in total. The summed E-state index contributed by atoms with van der Waals surface area (Å²) < 4.78 is 0. The van der Waals surface area contributed by atoms with Gasteiger partial charge in [0.25, 0.3) is 5.91 Å². The minimum atomic E-state index is -0.412. The highest BCUT2D eigenvalue weighted by Gasteiger charge is 2.14. The van der Waals surface area contributed by atoms with Crippen LogP contribution in [0.4, 0.5) is 5.13 Å². The summed E-state index contributed by atoms with van der Waals surface area (Å²) in [5, 5.41) is 17.5. The van der Waals surface area contributed by atoms with E-state index in [9.17, 15) is 10.1 Å². The number of carbonyl (C=O) groups is 1. The fourth-order valence-corrected chi connectivity index (χ4v) is 2.76. The van der Waals surface area contributed by atoms with Crippen molar-refractivity contribution in [2.45, 2.75) is 33.2 Å². The van der Waals surface area contributed by atoms with Crippen molar-refractivity contribution in [3.8, 4) is 6.07 Å². The molecule has 2 rings (SSSR count). The van der Waals surface area contributed by atoms with Crippen LogP contribution in [0.25, 0.3) is 0 Å². The van der Waals surface area contributed by atoms with Gasteiger partial charge in [-0.25, -0.2) is 4.98 Å². The summed E-state index contributed by atoms with van der Waals surface area (Å²) in [6.07, 6.45) is 2.37. The fourth-order valence-electron chi connectivity index (χ4n) is 2.10. The zero-order chi connectivity index (χ0) is 17.5. The van der Waals surface area contributed by atoms with Gasteiger partial charge < -0.3 is 10.6 Å². The molecule has 2 aromatic rings. The van der Waals surface area contributed by atoms with Gasteiger partial charge >= 0.3 is 0 Å². The van der Waals surface area contributed by atoms with E-state index in [-0.39, 0.29) is 11.6 Å². The van der Waals surface area contributed by atoms with E-state index in [1.165, 1.54) is 23.1 Å². The first-order chi connectivity index (χ1) is 11.5. The van der Waals surface area contributed by atoms with Crippen LogP contribution in [-0.4, -0.2) is 10.9 Å². The van der Waals surface area contributed by atoms with Crippen LogP contribution in [0, 0.1) is 18.3 Å². The van der Waals surface area contributed by atoms with Crippen LogP contribution >= 0.6 is 11.3 Å². The van der Waals surface area contributed by atoms with E-state index in [0.717, 1.165) is 17.7 Å². The van der Waals surface area contributed by atoms with Gasteiger partial charge in [-0.2, -0.15) is 5.26 Å². The van der Waals surface area contributed by atoms with Crippen LogP contribution in [0.15, 0.2) is 41.4 Å². The van der Waals surface area contributed by atoms with E-state index < -0.39 is 5.91 Å². The molecule has 0 saturated carbocycles. The van der Waals surface area contributed by atoms with Crippen LogP contribution in [0.3, 0.4) is 0 Å². The number of nitrogens with zero attached hydrogens (tertiary/aromatic N) is 2. The first kappa shape index (κ1) is 17.7. The van der Waals surface area contributed by atoms with Crippen molar-refractivity contribution in [3.05, 3.63) is 58.2 Å². The normalized spacial score (nSPS) is 12.3. The average molecular weight is 340 g/mol. The molecule has 124 valence electrons. The van der Waals surface area contributed by atoms with Crippen molar-refractivity contribution < 1.29 is 4.79 Å². The second-order valence-corrected chi connectivity index (χ2v) is 6.26. The number of aromatic nitrogens is 1. The Morgan fingerprint density at radius 2 is 2.12 bits per heavy atom. The quantitative estimate of drug-likeness (QED) is 0.621. The molecule has 0 saturated heterocycles. The second-order valence-electron chi connectivity index (χ2n) is 5.40. The Labute approximate surface area is 146 Å². The molecule has 0 aliphatic rings. The summed E-state index contributed by atoms with van der Waals surface area (Å²) in [5.74, 6) is -0.412. The maximum atomic E-state index is 12.2. The largest absolute Gasteiger partial charge is 0.345 e. The number of hydrogen-bond acceptors (Lipinski definition) is 5. The van der Waals surface area contributed by atoms with Crippen molar-refractivity contribution in [2.24, 2.45) is 0 Å². The molecule has 1 amide bonds. The lowest BCUT2D eigenvalue weighted by atomic mass is 10.0. The molecular formula is C18H20N4OS. The Balaban J connectivity index is 2.01. The summed E-state index contributed by atoms with van der Waals surface area (Å²) in [6, 6.07) is 9.83. The number of nitrogens with one attached hydrogen (secondary N) is 2. The number of carbonyl (C=O) groups excluding carboxylic acids is 1. The zero-order valence-corrected chi connectivity index (χ0v) is 14.8. The third-order valence-electron chi connectivity index (χ3n) is 3.56. The molecule has 5 nitrogen and oxygen atoms in total. The number of hydrogen-bond donors (Lipinski definition) is 2. The van der Waals surface area contributed by atoms with Crippen LogP contribution in [-0.2, 0) is 11.2 Å². The maximum Gasteiger partial charge on any atom is 0.263 e. The molecule has 1 heterocycles. The SMILES string of the molecule is CCc1ccc(C(C)NC(=O)/C(C#N)=C\Nc2nc(C)cs2)cc1. The number of benzene rings is 1. The van der Waals surface area contributed by atoms with Crippen LogP contribution < -0.4 is 10.6 Å². The Bertz CT molecular complexity index is 771. The van der Waals surface area contributed by atoms with Crippen LogP contribution in [0.1, 0.15) is 36.7 Å². The summed E-state index contributed by atoms with van der Waals surface area (Å²) in [5.41, 5.74) is 3.15. The number of amides is 1. The monoisotopic (exact) mass is 340 g/mol. The van der Waals surface area contributed by atoms with Crippen molar-refractivity contribution in [2.75, 3.05) is 5.32 Å². The number of thiazole rings is 1. The molecule has 0 bridgehead atoms. The molecule has 1 aromatic heterocycles. The Kier molecular flexibility index (Phi) is 6.10. The van der Waals surface area contributed by atoms with E-state index in [0.29, 0.717) is 5.13 Å². The first-order valence-corrected chi connectivity index (χ1v) is 8.60. The average Bonchev–Trinajstić information content (AvgIpc) is 3.00. The summed E-state index contributed by atoms with van der Waals surface area (Å²) in [4.78, 5) is 16.5. The van der Waals surface area contributed by atoms with Gasteiger partial charge in [-0.3, -0.25) is 4.79 Å². The third kappa shape index (κ3) is 4.67. The highest BCUT2D eigenvalue weighted by Crippen LogP contribution is 2.16. The van der Waals surface area contributed by atoms with Gasteiger partial charge in [0, 0.05) is 11.6 Å². The van der Waals surface area contributed by atoms with E-state index >= 15 is 0 Å². The minimum absolute atomic E-state index is 0.0138. The van der Waals surface area contributed by atoms with E-state index in [4.69, 9.17) is 0 Å². The predicted octanol–water partition coefficient (Wildman–Crippen LogP) is 3.71. The van der Waals surface area contributed by atoms with Gasteiger partial charge in [0.15, 0.2) is 5.13 Å². The molecule has 1 atom stereocenters. The Morgan fingerprint density at radius 1 is 1.42 bits per heavy atom. The number of rotatable bonds is 6. The highest BCUT2D eigenvalue weighted by molar-refractivity contribution is 7.13. The molecular weight excluding hydrogens is 320 g/mol. The van der Waals surface area contributed by atoms with Gasteiger partial charge in [0.1, 0.15) is 11.6 Å². The van der Waals surface area contributed by atoms with Crippen molar-refractivity contribution >= 4 is 22.4 Å². The second kappa shape index (κ2) is 8.27. The Morgan fingerprint density at radius 3 is 2.67 bits per heavy atom. The zero-order valence-electron chi connectivity index (χ0n) is 14.0. The Hall–Kier alpha value is -2.65. The van der Waals surface area contributed by atoms with E-state index in [1.54, 1.807) is 0 Å². The summed E-state index contributed by atoms with van der Waals surface area (Å²) >= 11 is 1.42. The molecule has 1 aromatic carbocycles. The van der Waals surface area contributed by atoms with Gasteiger partial charge in [-0.05, 0) is 31.4 Å². The number of anilines is 1. The van der Waals surface area contributed by atoms with Gasteiger partial charge in [-0.1, -0.05) is 31.2 Å². The number of nitriles is 1. The molecule has 0 spiro atoms. The standard InChI is InChI=1S/C18H20N4OS/c1-4-14-5-7-15(8-6-14)13(3)22-17(23)16(9-19)10-20-18-21-12(2)11-24-18/h5-8,10-11,13H,4H2,1-3H3,(H,20,21)(H,22,23)/b16-10-. The van der Waals surface area contributed by atoms with Crippen molar-refractivity contribution in [1.29, 1.82) is 5.26 Å².